The van der Waals surface area contributed by atoms with Crippen LogP contribution in [0.5, 0.6) is 0 Å². The molecule has 1 fully saturated rings. The molecule has 16 heavy (non-hydrogen) atoms. The molecular formula is C10H21NO4S. The highest BCUT2D eigenvalue weighted by Gasteiger charge is 2.35. The van der Waals surface area contributed by atoms with Gasteiger partial charge in [-0.25, -0.2) is 14.0 Å². The van der Waals surface area contributed by atoms with Crippen LogP contribution in [-0.4, -0.2) is 41.8 Å². The van der Waals surface area contributed by atoms with Gasteiger partial charge in [-0.05, 0) is 18.3 Å². The zero-order valence-electron chi connectivity index (χ0n) is 10.4. The monoisotopic (exact) mass is 251 g/mol. The average Bonchev–Trinajstić information content (AvgIpc) is 2.17. The molecule has 0 radical (unpaired) electrons. The third-order valence-corrected chi connectivity index (χ3v) is 3.18. The quantitative estimate of drug-likeness (QED) is 0.544. The highest BCUT2D eigenvalue weighted by molar-refractivity contribution is 7.79. The van der Waals surface area contributed by atoms with Crippen molar-refractivity contribution in [3.8, 4) is 0 Å². The Labute approximate surface area is 99.6 Å². The average molecular weight is 251 g/mol. The molecule has 2 atom stereocenters. The highest BCUT2D eigenvalue weighted by Crippen LogP contribution is 2.34. The Morgan fingerprint density at radius 2 is 2.19 bits per heavy atom. The van der Waals surface area contributed by atoms with Crippen LogP contribution in [0.1, 0.15) is 26.7 Å². The summed E-state index contributed by atoms with van der Waals surface area (Å²) in [4.78, 5) is 9.57. The van der Waals surface area contributed by atoms with Crippen molar-refractivity contribution >= 4 is 11.1 Å². The summed E-state index contributed by atoms with van der Waals surface area (Å²) in [5.41, 5.74) is 0.261. The lowest BCUT2D eigenvalue weighted by Gasteiger charge is -2.41. The zero-order chi connectivity index (χ0) is 12.2. The van der Waals surface area contributed by atoms with E-state index in [-0.39, 0.29) is 11.5 Å². The molecule has 0 bridgehead atoms. The lowest BCUT2D eigenvalue weighted by atomic mass is 9.80. The van der Waals surface area contributed by atoms with E-state index in [2.05, 4.69) is 18.7 Å². The summed E-state index contributed by atoms with van der Waals surface area (Å²) in [6.07, 6.45) is 3.48. The van der Waals surface area contributed by atoms with Gasteiger partial charge in [0, 0.05) is 12.8 Å². The lowest BCUT2D eigenvalue weighted by Crippen LogP contribution is -2.47. The Morgan fingerprint density at radius 1 is 1.50 bits per heavy atom. The summed E-state index contributed by atoms with van der Waals surface area (Å²) in [6, 6.07) is 0.0904. The summed E-state index contributed by atoms with van der Waals surface area (Å²) in [5.74, 6) is 0. The van der Waals surface area contributed by atoms with Crippen molar-refractivity contribution in [2.75, 3.05) is 26.5 Å². The molecule has 1 heterocycles. The highest BCUT2D eigenvalue weighted by atomic mass is 32.2. The van der Waals surface area contributed by atoms with Crippen molar-refractivity contribution in [1.82, 2.24) is 5.06 Å². The molecule has 96 valence electrons. The molecule has 0 N–H and O–H groups in total. The van der Waals surface area contributed by atoms with E-state index >= 15 is 0 Å². The molecule has 1 rings (SSSR count). The molecule has 0 spiro atoms. The summed E-state index contributed by atoms with van der Waals surface area (Å²) in [7, 11) is 1.48. The summed E-state index contributed by atoms with van der Waals surface area (Å²) in [5, 5.41) is 1.75. The molecule has 0 aromatic carbocycles. The molecular weight excluding hydrogens is 230 g/mol. The first-order valence-corrected chi connectivity index (χ1v) is 6.87. The van der Waals surface area contributed by atoms with Gasteiger partial charge in [-0.1, -0.05) is 13.8 Å². The fourth-order valence-electron chi connectivity index (χ4n) is 1.96. The van der Waals surface area contributed by atoms with Gasteiger partial charge >= 0.3 is 0 Å². The first-order valence-electron chi connectivity index (χ1n) is 5.39. The maximum atomic E-state index is 11.1. The van der Waals surface area contributed by atoms with E-state index in [1.165, 1.54) is 13.4 Å². The van der Waals surface area contributed by atoms with Gasteiger partial charge in [0.2, 0.25) is 0 Å². The Hall–Kier alpha value is -0.0100. The molecule has 0 aliphatic carbocycles. The van der Waals surface area contributed by atoms with E-state index in [4.69, 9.17) is 9.17 Å². The fraction of sp³-hybridized carbons (Fsp3) is 1.00. The molecule has 1 saturated heterocycles. The number of rotatable bonds is 5. The largest absolute Gasteiger partial charge is 0.240 e. The van der Waals surface area contributed by atoms with E-state index in [0.29, 0.717) is 6.61 Å². The molecule has 5 nitrogen and oxygen atoms in total. The minimum atomic E-state index is -1.28. The second-order valence-electron chi connectivity index (χ2n) is 4.84. The number of hydrogen-bond donors (Lipinski definition) is 0. The van der Waals surface area contributed by atoms with Crippen LogP contribution in [0.15, 0.2) is 0 Å². The fourth-order valence-corrected chi connectivity index (χ4v) is 2.42. The number of piperidine rings is 1. The lowest BCUT2D eigenvalue weighted by molar-refractivity contribution is -0.293. The van der Waals surface area contributed by atoms with Crippen LogP contribution >= 0.6 is 0 Å². The van der Waals surface area contributed by atoms with Crippen LogP contribution < -0.4 is 0 Å². The summed E-state index contributed by atoms with van der Waals surface area (Å²) < 4.78 is 16.3. The van der Waals surface area contributed by atoms with Crippen LogP contribution in [0.2, 0.25) is 0 Å². The van der Waals surface area contributed by atoms with Crippen LogP contribution in [0, 0.1) is 5.41 Å². The second-order valence-corrected chi connectivity index (χ2v) is 5.79. The van der Waals surface area contributed by atoms with Gasteiger partial charge in [0.1, 0.15) is 6.61 Å². The summed E-state index contributed by atoms with van der Waals surface area (Å²) in [6.45, 7) is 5.63. The molecule has 0 aromatic heterocycles. The first-order chi connectivity index (χ1) is 7.44. The van der Waals surface area contributed by atoms with Crippen LogP contribution in [0.3, 0.4) is 0 Å². The molecule has 0 amide bonds. The van der Waals surface area contributed by atoms with Crippen LogP contribution in [0.4, 0.5) is 0 Å². The summed E-state index contributed by atoms with van der Waals surface area (Å²) >= 11 is -1.28. The third-order valence-electron chi connectivity index (χ3n) is 2.78. The standard InChI is InChI=1S/C10H21NO4S/c1-10(2)5-6-11(15-16(4)12)9(7-10)8-14-13-3/h9H,5-8H2,1-4H3. The number of nitrogens with zero attached hydrogens (tertiary/aromatic N) is 1. The van der Waals surface area contributed by atoms with Gasteiger partial charge in [0.15, 0.2) is 11.1 Å². The van der Waals surface area contributed by atoms with Gasteiger partial charge in [-0.15, -0.1) is 0 Å². The molecule has 1 aliphatic heterocycles. The van der Waals surface area contributed by atoms with Crippen molar-refractivity contribution < 1.29 is 18.3 Å². The van der Waals surface area contributed by atoms with Gasteiger partial charge in [0.05, 0.1) is 13.2 Å². The van der Waals surface area contributed by atoms with Crippen molar-refractivity contribution in [3.05, 3.63) is 0 Å². The van der Waals surface area contributed by atoms with Gasteiger partial charge in [-0.3, -0.25) is 0 Å². The Kier molecular flexibility index (Phi) is 5.33. The van der Waals surface area contributed by atoms with Crippen molar-refractivity contribution in [2.24, 2.45) is 5.41 Å². The van der Waals surface area contributed by atoms with Crippen molar-refractivity contribution in [2.45, 2.75) is 32.7 Å². The van der Waals surface area contributed by atoms with Gasteiger partial charge in [0.25, 0.3) is 0 Å². The minimum Gasteiger partial charge on any atom is -0.240 e. The Bertz CT molecular complexity index is 247. The van der Waals surface area contributed by atoms with E-state index in [1.807, 2.05) is 0 Å². The van der Waals surface area contributed by atoms with E-state index < -0.39 is 11.1 Å². The smallest absolute Gasteiger partial charge is 0.170 e. The molecule has 6 heteroatoms. The van der Waals surface area contributed by atoms with E-state index in [0.717, 1.165) is 19.4 Å². The molecule has 1 aliphatic rings. The first kappa shape index (κ1) is 14.1. The van der Waals surface area contributed by atoms with Crippen molar-refractivity contribution in [1.29, 1.82) is 0 Å². The second kappa shape index (κ2) is 6.07. The normalized spacial score (nSPS) is 27.9. The number of hydrogen-bond acceptors (Lipinski definition) is 5. The maximum Gasteiger partial charge on any atom is 0.170 e. The predicted molar refractivity (Wildman–Crippen MR) is 61.6 cm³/mol. The molecule has 2 unspecified atom stereocenters. The Balaban J connectivity index is 2.56. The van der Waals surface area contributed by atoms with Crippen LogP contribution in [-0.2, 0) is 25.1 Å². The topological polar surface area (TPSA) is 48.0 Å². The third kappa shape index (κ3) is 4.47. The van der Waals surface area contributed by atoms with E-state index in [1.54, 1.807) is 5.06 Å². The predicted octanol–water partition coefficient (Wildman–Crippen LogP) is 1.28. The van der Waals surface area contributed by atoms with Gasteiger partial charge in [-0.2, -0.15) is 9.35 Å². The zero-order valence-corrected chi connectivity index (χ0v) is 11.2. The Morgan fingerprint density at radius 3 is 2.75 bits per heavy atom. The van der Waals surface area contributed by atoms with Crippen molar-refractivity contribution in [3.63, 3.8) is 0 Å². The molecule has 0 saturated carbocycles. The molecule has 0 aromatic rings. The van der Waals surface area contributed by atoms with Crippen LogP contribution in [0.25, 0.3) is 0 Å². The minimum absolute atomic E-state index is 0.0904. The SMILES string of the molecule is COOCC1CC(C)(C)CCN1OS(C)=O. The maximum absolute atomic E-state index is 11.1. The van der Waals surface area contributed by atoms with E-state index in [9.17, 15) is 4.21 Å². The van der Waals surface area contributed by atoms with Gasteiger partial charge < -0.3 is 0 Å². The number of hydroxylamine groups is 2.